The van der Waals surface area contributed by atoms with Crippen LogP contribution in [0, 0.1) is 5.41 Å². The van der Waals surface area contributed by atoms with E-state index in [0.29, 0.717) is 11.9 Å². The van der Waals surface area contributed by atoms with E-state index in [4.69, 9.17) is 5.73 Å². The number of piperazine rings is 1. The summed E-state index contributed by atoms with van der Waals surface area (Å²) in [5, 5.41) is 0. The Morgan fingerprint density at radius 3 is 2.26 bits per heavy atom. The number of hydrogen-bond acceptors (Lipinski definition) is 3. The van der Waals surface area contributed by atoms with Crippen molar-refractivity contribution in [1.29, 1.82) is 0 Å². The summed E-state index contributed by atoms with van der Waals surface area (Å²) in [6.45, 7) is 8.80. The molecule has 4 nitrogen and oxygen atoms in total. The number of hydrogen-bond donors (Lipinski definition) is 1. The van der Waals surface area contributed by atoms with Gasteiger partial charge in [0.1, 0.15) is 0 Å². The molecule has 2 rings (SSSR count). The van der Waals surface area contributed by atoms with E-state index < -0.39 is 0 Å². The molecule has 0 aromatic rings. The lowest BCUT2D eigenvalue weighted by Crippen LogP contribution is -2.55. The van der Waals surface area contributed by atoms with Crippen LogP contribution >= 0.6 is 0 Å². The monoisotopic (exact) mass is 267 g/mol. The van der Waals surface area contributed by atoms with Gasteiger partial charge in [-0.3, -0.25) is 9.69 Å². The first kappa shape index (κ1) is 14.8. The van der Waals surface area contributed by atoms with E-state index in [9.17, 15) is 4.79 Å². The zero-order valence-corrected chi connectivity index (χ0v) is 12.5. The van der Waals surface area contributed by atoms with Crippen LogP contribution in [0.5, 0.6) is 0 Å². The van der Waals surface area contributed by atoms with Crippen molar-refractivity contribution >= 4 is 5.91 Å². The predicted octanol–water partition coefficient (Wildman–Crippen LogP) is 1.45. The Labute approximate surface area is 117 Å². The van der Waals surface area contributed by atoms with E-state index >= 15 is 0 Å². The van der Waals surface area contributed by atoms with Crippen LogP contribution in [0.4, 0.5) is 0 Å². The van der Waals surface area contributed by atoms with E-state index in [1.165, 1.54) is 12.8 Å². The van der Waals surface area contributed by atoms with Gasteiger partial charge in [-0.15, -0.1) is 0 Å². The molecule has 0 bridgehead atoms. The van der Waals surface area contributed by atoms with Gasteiger partial charge in [0.2, 0.25) is 5.91 Å². The standard InChI is InChI=1S/C15H29N3O/c1-3-13(12-16)17-8-10-18(11-9-17)14(19)15(2)6-4-5-7-15/h13H,3-12,16H2,1-2H3. The van der Waals surface area contributed by atoms with Gasteiger partial charge in [0.25, 0.3) is 0 Å². The van der Waals surface area contributed by atoms with Crippen LogP contribution in [0.15, 0.2) is 0 Å². The summed E-state index contributed by atoms with van der Waals surface area (Å²) in [4.78, 5) is 17.2. The number of nitrogens with two attached hydrogens (primary N) is 1. The zero-order valence-electron chi connectivity index (χ0n) is 12.5. The topological polar surface area (TPSA) is 49.6 Å². The second kappa shape index (κ2) is 6.23. The van der Waals surface area contributed by atoms with Gasteiger partial charge in [-0.25, -0.2) is 0 Å². The Balaban J connectivity index is 1.87. The molecule has 1 saturated heterocycles. The fourth-order valence-corrected chi connectivity index (χ4v) is 3.62. The highest BCUT2D eigenvalue weighted by Crippen LogP contribution is 2.39. The Kier molecular flexibility index (Phi) is 4.85. The highest BCUT2D eigenvalue weighted by Gasteiger charge is 2.40. The van der Waals surface area contributed by atoms with Crippen molar-refractivity contribution in [2.75, 3.05) is 32.7 Å². The van der Waals surface area contributed by atoms with Crippen molar-refractivity contribution in [2.24, 2.45) is 11.1 Å². The molecule has 1 saturated carbocycles. The van der Waals surface area contributed by atoms with E-state index in [1.54, 1.807) is 0 Å². The van der Waals surface area contributed by atoms with E-state index in [0.717, 1.165) is 52.0 Å². The maximum absolute atomic E-state index is 12.6. The number of amides is 1. The quantitative estimate of drug-likeness (QED) is 0.838. The smallest absolute Gasteiger partial charge is 0.228 e. The molecule has 2 fully saturated rings. The molecular formula is C15H29N3O. The lowest BCUT2D eigenvalue weighted by molar-refractivity contribution is -0.143. The first-order valence-corrected chi connectivity index (χ1v) is 7.84. The molecule has 1 atom stereocenters. The van der Waals surface area contributed by atoms with Gasteiger partial charge in [-0.2, -0.15) is 0 Å². The molecule has 1 unspecified atom stereocenters. The molecule has 2 N–H and O–H groups in total. The average molecular weight is 267 g/mol. The molecule has 1 amide bonds. The third kappa shape index (κ3) is 3.11. The minimum atomic E-state index is -0.0693. The molecule has 19 heavy (non-hydrogen) atoms. The summed E-state index contributed by atoms with van der Waals surface area (Å²) in [6, 6.07) is 0.485. The zero-order chi connectivity index (χ0) is 13.9. The highest BCUT2D eigenvalue weighted by molar-refractivity contribution is 5.82. The molecule has 110 valence electrons. The summed E-state index contributed by atoms with van der Waals surface area (Å²) < 4.78 is 0. The summed E-state index contributed by atoms with van der Waals surface area (Å²) >= 11 is 0. The fourth-order valence-electron chi connectivity index (χ4n) is 3.62. The highest BCUT2D eigenvalue weighted by atomic mass is 16.2. The number of carbonyl (C=O) groups excluding carboxylic acids is 1. The number of nitrogens with zero attached hydrogens (tertiary/aromatic N) is 2. The summed E-state index contributed by atoms with van der Waals surface area (Å²) in [6.07, 6.45) is 5.68. The van der Waals surface area contributed by atoms with Crippen LogP contribution in [0.25, 0.3) is 0 Å². The van der Waals surface area contributed by atoms with Crippen LogP contribution in [0.1, 0.15) is 46.0 Å². The molecule has 0 radical (unpaired) electrons. The minimum Gasteiger partial charge on any atom is -0.340 e. The molecule has 0 aromatic carbocycles. The van der Waals surface area contributed by atoms with Gasteiger partial charge in [-0.1, -0.05) is 26.7 Å². The van der Waals surface area contributed by atoms with Gasteiger partial charge in [0.05, 0.1) is 0 Å². The Morgan fingerprint density at radius 2 is 1.79 bits per heavy atom. The van der Waals surface area contributed by atoms with Gasteiger partial charge >= 0.3 is 0 Å². The molecule has 4 heteroatoms. The lowest BCUT2D eigenvalue weighted by atomic mass is 9.87. The third-order valence-electron chi connectivity index (χ3n) is 5.08. The van der Waals surface area contributed by atoms with Crippen molar-refractivity contribution in [1.82, 2.24) is 9.80 Å². The molecular weight excluding hydrogens is 238 g/mol. The maximum Gasteiger partial charge on any atom is 0.228 e. The number of rotatable bonds is 4. The van der Waals surface area contributed by atoms with Crippen LogP contribution in [0.3, 0.4) is 0 Å². The fraction of sp³-hybridized carbons (Fsp3) is 0.933. The lowest BCUT2D eigenvalue weighted by Gasteiger charge is -2.41. The van der Waals surface area contributed by atoms with Crippen molar-refractivity contribution < 1.29 is 4.79 Å². The molecule has 0 aromatic heterocycles. The first-order valence-electron chi connectivity index (χ1n) is 7.84. The minimum absolute atomic E-state index is 0.0693. The van der Waals surface area contributed by atoms with Gasteiger partial charge < -0.3 is 10.6 Å². The normalized spacial score (nSPS) is 25.5. The predicted molar refractivity (Wildman–Crippen MR) is 77.9 cm³/mol. The summed E-state index contributed by atoms with van der Waals surface area (Å²) in [5.41, 5.74) is 5.74. The summed E-state index contributed by atoms with van der Waals surface area (Å²) in [7, 11) is 0. The van der Waals surface area contributed by atoms with Crippen LogP contribution in [-0.2, 0) is 4.79 Å². The summed E-state index contributed by atoms with van der Waals surface area (Å²) in [5.74, 6) is 0.394. The third-order valence-corrected chi connectivity index (χ3v) is 5.08. The Morgan fingerprint density at radius 1 is 1.21 bits per heavy atom. The van der Waals surface area contributed by atoms with Gasteiger partial charge in [0, 0.05) is 44.2 Å². The van der Waals surface area contributed by atoms with Crippen LogP contribution in [-0.4, -0.2) is 54.5 Å². The van der Waals surface area contributed by atoms with Crippen LogP contribution in [0.2, 0.25) is 0 Å². The van der Waals surface area contributed by atoms with Crippen molar-refractivity contribution in [3.8, 4) is 0 Å². The Bertz CT molecular complexity index is 301. The van der Waals surface area contributed by atoms with E-state index in [-0.39, 0.29) is 5.41 Å². The SMILES string of the molecule is CCC(CN)N1CCN(C(=O)C2(C)CCCC2)CC1. The van der Waals surface area contributed by atoms with Crippen LogP contribution < -0.4 is 5.73 Å². The molecule has 1 aliphatic carbocycles. The van der Waals surface area contributed by atoms with Crippen molar-refractivity contribution in [2.45, 2.75) is 52.0 Å². The Hall–Kier alpha value is -0.610. The second-order valence-corrected chi connectivity index (χ2v) is 6.39. The van der Waals surface area contributed by atoms with Gasteiger partial charge in [-0.05, 0) is 19.3 Å². The van der Waals surface area contributed by atoms with Crippen molar-refractivity contribution in [3.05, 3.63) is 0 Å². The maximum atomic E-state index is 12.6. The first-order chi connectivity index (χ1) is 9.10. The number of carbonyl (C=O) groups is 1. The van der Waals surface area contributed by atoms with Crippen molar-refractivity contribution in [3.63, 3.8) is 0 Å². The van der Waals surface area contributed by atoms with Gasteiger partial charge in [0.15, 0.2) is 0 Å². The van der Waals surface area contributed by atoms with E-state index in [1.807, 2.05) is 0 Å². The average Bonchev–Trinajstić information content (AvgIpc) is 2.88. The molecule has 1 aliphatic heterocycles. The van der Waals surface area contributed by atoms with E-state index in [2.05, 4.69) is 23.6 Å². The largest absolute Gasteiger partial charge is 0.340 e. The molecule has 2 aliphatic rings. The molecule has 0 spiro atoms. The molecule has 1 heterocycles. The second-order valence-electron chi connectivity index (χ2n) is 6.39.